The maximum absolute atomic E-state index is 14.7. The summed E-state index contributed by atoms with van der Waals surface area (Å²) in [5.41, 5.74) is 6.45. The molecule has 6 saturated heterocycles. The Morgan fingerprint density at radius 3 is 1.03 bits per heavy atom. The first kappa shape index (κ1) is 110. The van der Waals surface area contributed by atoms with Crippen LogP contribution in [0.25, 0.3) is 0 Å². The number of nitrogens with one attached hydrogen (secondary N) is 1. The molecule has 0 unspecified atom stereocenters. The summed E-state index contributed by atoms with van der Waals surface area (Å²) in [5.74, 6) is 5.74. The minimum absolute atomic E-state index is 0.00441. The Bertz CT molecular complexity index is 4990. The molecule has 12 aliphatic carbocycles. The lowest BCUT2D eigenvalue weighted by Crippen LogP contribution is -2.69. The van der Waals surface area contributed by atoms with Gasteiger partial charge in [0.15, 0.2) is 0 Å². The number of carbonyl (C=O) groups is 3. The van der Waals surface area contributed by atoms with E-state index >= 15 is 0 Å². The van der Waals surface area contributed by atoms with Gasteiger partial charge in [0.05, 0.1) is 95.5 Å². The van der Waals surface area contributed by atoms with Gasteiger partial charge in [-0.2, -0.15) is 0 Å². The summed E-state index contributed by atoms with van der Waals surface area (Å²) < 4.78 is 71.4. The Morgan fingerprint density at radius 1 is 0.379 bits per heavy atom. The normalized spacial score (nSPS) is 45.4. The fourth-order valence-electron chi connectivity index (χ4n) is 40.1. The van der Waals surface area contributed by atoms with Gasteiger partial charge in [0, 0.05) is 77.7 Å². The molecule has 0 spiro atoms. The van der Waals surface area contributed by atoms with E-state index in [9.17, 15) is 19.5 Å². The van der Waals surface area contributed by atoms with E-state index in [-0.39, 0.29) is 146 Å². The molecule has 6 aliphatic heterocycles. The third kappa shape index (κ3) is 17.6. The number of ether oxygens (including phenoxy) is 11. The maximum atomic E-state index is 14.7. The van der Waals surface area contributed by atoms with Gasteiger partial charge in [0.2, 0.25) is 0 Å². The summed E-state index contributed by atoms with van der Waals surface area (Å²) in [7, 11) is 2.08. The number of carboxylic acid groups (broad SMARTS) is 1. The highest BCUT2D eigenvalue weighted by Crippen LogP contribution is 2.81. The number of likely N-dealkylation sites (N-methyl/N-ethyl adjacent to an activating group) is 1. The highest BCUT2D eigenvalue weighted by molar-refractivity contribution is 5.77. The average molecular weight is 2010 g/mol. The van der Waals surface area contributed by atoms with Crippen molar-refractivity contribution in [1.29, 1.82) is 0 Å². The molecule has 0 radical (unpaired) electrons. The van der Waals surface area contributed by atoms with Crippen molar-refractivity contribution in [3.63, 3.8) is 0 Å². The van der Waals surface area contributed by atoms with Gasteiger partial charge < -0.3 is 62.5 Å². The molecule has 18 aliphatic rings. The number of rotatable bonds is 24. The summed E-state index contributed by atoms with van der Waals surface area (Å²) in [6.45, 7) is 75.6. The number of esters is 2. The fourth-order valence-corrected chi connectivity index (χ4v) is 40.1. The number of carboxylic acids is 1. The van der Waals surface area contributed by atoms with Gasteiger partial charge in [-0.3, -0.25) is 14.4 Å². The lowest BCUT2D eigenvalue weighted by atomic mass is 9.34. The Labute approximate surface area is 878 Å². The van der Waals surface area contributed by atoms with E-state index in [0.29, 0.717) is 102 Å². The smallest absolute Gasteiger partial charge is 0.310 e. The average Bonchev–Trinajstić information content (AvgIpc) is 0.674. The van der Waals surface area contributed by atoms with Crippen LogP contribution in [-0.2, 0) is 79.7 Å². The van der Waals surface area contributed by atoms with E-state index in [2.05, 4.69) is 235 Å². The lowest BCUT2D eigenvalue weighted by molar-refractivity contribution is -0.256. The van der Waals surface area contributed by atoms with Crippen molar-refractivity contribution >= 4 is 17.9 Å². The number of hydrogen-bond donors (Lipinski definition) is 2. The fraction of sp³-hybridized carbons (Fsp3) is 0.837. The summed E-state index contributed by atoms with van der Waals surface area (Å²) in [4.78, 5) is 42.8. The second kappa shape index (κ2) is 40.5. The number of benzene rings is 2. The van der Waals surface area contributed by atoms with Crippen LogP contribution in [0.4, 0.5) is 0 Å². The van der Waals surface area contributed by atoms with Crippen molar-refractivity contribution in [3.8, 4) is 0 Å². The summed E-state index contributed by atoms with van der Waals surface area (Å²) >= 11 is 0. The van der Waals surface area contributed by atoms with Crippen LogP contribution in [0.2, 0.25) is 0 Å². The lowest BCUT2D eigenvalue weighted by Gasteiger charge is -2.71. The largest absolute Gasteiger partial charge is 0.481 e. The van der Waals surface area contributed by atoms with Gasteiger partial charge in [-0.05, 0) is 327 Å². The van der Waals surface area contributed by atoms with Crippen LogP contribution in [0.5, 0.6) is 0 Å². The van der Waals surface area contributed by atoms with Crippen LogP contribution in [0.1, 0.15) is 352 Å². The molecule has 2 aromatic rings. The van der Waals surface area contributed by atoms with Gasteiger partial charge >= 0.3 is 17.9 Å². The number of allylic oxidation sites excluding steroid dienone is 3. The van der Waals surface area contributed by atoms with Gasteiger partial charge in [0.1, 0.15) is 13.2 Å². The Morgan fingerprint density at radius 2 is 0.697 bits per heavy atom. The first-order chi connectivity index (χ1) is 68.5. The second-order valence-corrected chi connectivity index (χ2v) is 57.8. The van der Waals surface area contributed by atoms with E-state index in [0.717, 1.165) is 239 Å². The number of aliphatic carboxylic acids is 1. The molecular formula is C129H201NO15. The first-order valence-corrected chi connectivity index (χ1v) is 59.2. The Hall–Kier alpha value is -4.33. The number of fused-ring (bicyclic) bond motifs is 9. The molecule has 2 N–H and O–H groups in total. The molecule has 6 heterocycles. The molecule has 9 saturated carbocycles. The third-order valence-electron chi connectivity index (χ3n) is 50.2. The van der Waals surface area contributed by atoms with Crippen molar-refractivity contribution in [1.82, 2.24) is 5.32 Å². The summed E-state index contributed by atoms with van der Waals surface area (Å²) in [6, 6.07) is 20.4. The quantitative estimate of drug-likeness (QED) is 0.0746. The van der Waals surface area contributed by atoms with Crippen LogP contribution < -0.4 is 5.32 Å². The molecule has 15 fully saturated rings. The topological polar surface area (TPSA) is 185 Å². The van der Waals surface area contributed by atoms with E-state index < -0.39 is 5.97 Å². The molecule has 33 atom stereocenters. The van der Waals surface area contributed by atoms with Crippen LogP contribution in [0.15, 0.2) is 95.6 Å². The summed E-state index contributed by atoms with van der Waals surface area (Å²) in [5, 5.41) is 14.6. The Kier molecular flexibility index (Phi) is 30.8. The van der Waals surface area contributed by atoms with Crippen LogP contribution in [-0.4, -0.2) is 153 Å². The minimum atomic E-state index is -0.583. The number of carbonyl (C=O) groups excluding carboxylic acids is 2. The molecule has 16 nitrogen and oxygen atoms in total. The zero-order valence-corrected chi connectivity index (χ0v) is 96.0. The highest BCUT2D eigenvalue weighted by Gasteiger charge is 2.77. The zero-order chi connectivity index (χ0) is 104. The SMILES string of the molecule is CC(C)[C@@H](C)[C@@]1(C)CC[C@]2(C)[C@H]3CC[C@@H]4[C@@]5(COC[C@]4(C)[C@@H](OCC4(C)CCOCC4)[C@H](C)C5)C3=CC[C@@]2(C)[C@@H]1C(=O)OCc1ccccc1.CCC1(CO[C@H]2[C@H](C)C[C@@]34COC[C@@]2(C)[C@@H]3CC[C@H]2C4=CC[C@@]3(C)[C@H](C(=O)OCc4ccccc4)[C@@](C)([C@H](C)C(C)C)CC[C@]23C)CCOCC1.CNC1(CO[C@H]2[C@H](C)C[C@@]34COC[C@@]2(C)[C@@H]3CC[C@H]2C4=CC[C@@]3(C)[C@H](C(=O)O)[C@@](C)([C@H](C)C(C)C)CC[C@]23C)CCOCC1. The number of hydrogen-bond acceptors (Lipinski definition) is 15. The van der Waals surface area contributed by atoms with Crippen molar-refractivity contribution in [2.45, 2.75) is 378 Å². The minimum Gasteiger partial charge on any atom is -0.481 e. The van der Waals surface area contributed by atoms with E-state index in [1.165, 1.54) is 32.1 Å². The zero-order valence-electron chi connectivity index (χ0n) is 96.0. The van der Waals surface area contributed by atoms with Crippen molar-refractivity contribution < 1.29 is 71.6 Å². The molecule has 16 heteroatoms. The second-order valence-electron chi connectivity index (χ2n) is 57.8. The molecule has 0 amide bonds. The van der Waals surface area contributed by atoms with Gasteiger partial charge in [-0.15, -0.1) is 0 Å². The first-order valence-electron chi connectivity index (χ1n) is 59.2. The predicted molar refractivity (Wildman–Crippen MR) is 577 cm³/mol. The van der Waals surface area contributed by atoms with Crippen LogP contribution in [0, 0.1) is 199 Å². The van der Waals surface area contributed by atoms with Crippen LogP contribution in [0.3, 0.4) is 0 Å². The maximum Gasteiger partial charge on any atom is 0.310 e. The molecule has 6 bridgehead atoms. The molecular weight excluding hydrogens is 1800 g/mol. The molecule has 20 rings (SSSR count). The molecule has 812 valence electrons. The molecule has 0 aromatic heterocycles. The monoisotopic (exact) mass is 2000 g/mol. The Balaban J connectivity index is 0.000000143. The van der Waals surface area contributed by atoms with E-state index in [4.69, 9.17) is 52.1 Å². The summed E-state index contributed by atoms with van der Waals surface area (Å²) in [6.07, 6.45) is 35.8. The highest BCUT2D eigenvalue weighted by atomic mass is 16.5. The van der Waals surface area contributed by atoms with Crippen molar-refractivity contribution in [2.24, 2.45) is 199 Å². The molecule has 2 aromatic carbocycles. The van der Waals surface area contributed by atoms with Gasteiger partial charge in [-0.1, -0.05) is 276 Å². The van der Waals surface area contributed by atoms with Crippen LogP contribution >= 0.6 is 0 Å². The van der Waals surface area contributed by atoms with E-state index in [1.807, 2.05) is 36.4 Å². The standard InChI is InChI=1S/C46H70O5.C45H68O5.C38H63NO5/c1-10-45(22-24-48-25-23-45)29-51-39-32(4)26-46-30-49-28-42(39,7)37(46)17-16-35-36(46)18-19-44(9)38(40(47)50-27-34-14-12-11-13-15-34)41(6,33(5)31(2)3)20-21-43(35,44)8;1-30(2)32(4)41(6)19-20-43(8)34-15-16-36-42(7)28-48-29-45(36,25-31(3)38(42)50-27-40(5)21-23-47-24-22-40)35(34)17-18-44(43,9)37(41)39(46)49-26-33-13-11-10-12-14-33;1-24(2)26(4)33(5)14-15-35(7)27-10-11-29-34(6)21-43-23-38(29,28(27)12-13-36(35,8)30(33)32(40)41)20-25(3)31(34)44-22-37(39-9)16-18-42-19-17-37/h11-15,18,31-33,35,37-39H,10,16-17,19-30H2,1-9H3;10-14,17,30-32,34,36-38H,15-16,18-29H2,1-9H3;12,24-27,29-31,39H,10-11,13-23H2,1-9H3,(H,40,41)/t32-,33-,35+,37+,38-,39+,41-,42+,43-,44+,46+;31-,32-,34+,36+,37-,38+,41-,42+,43-,44+,45+;25-,26-,27+,29+,30-,31+,33-,34+,35-,36+,38+/m111/s1. The van der Waals surface area contributed by atoms with Crippen molar-refractivity contribution in [2.75, 3.05) is 106 Å². The molecule has 145 heavy (non-hydrogen) atoms. The third-order valence-corrected chi connectivity index (χ3v) is 50.2. The predicted octanol–water partition coefficient (Wildman–Crippen LogP) is 27.9. The van der Waals surface area contributed by atoms with Gasteiger partial charge in [-0.25, -0.2) is 0 Å². The van der Waals surface area contributed by atoms with Crippen molar-refractivity contribution in [3.05, 3.63) is 107 Å². The van der Waals surface area contributed by atoms with Gasteiger partial charge in [0.25, 0.3) is 0 Å². The van der Waals surface area contributed by atoms with E-state index in [1.54, 1.807) is 16.7 Å².